The van der Waals surface area contributed by atoms with Gasteiger partial charge in [0.05, 0.1) is 0 Å². The molecule has 11 heteroatoms. The van der Waals surface area contributed by atoms with Gasteiger partial charge in [0.15, 0.2) is 0 Å². The zero-order chi connectivity index (χ0) is 37.6. The van der Waals surface area contributed by atoms with Gasteiger partial charge in [-0.3, -0.25) is 0 Å². The number of halogens is 7. The fraction of sp³-hybridized carbons (Fsp3) is 0.100. The van der Waals surface area contributed by atoms with Crippen molar-refractivity contribution in [3.8, 4) is 0 Å². The van der Waals surface area contributed by atoms with Gasteiger partial charge in [-0.15, -0.1) is 0 Å². The molecule has 6 aromatic rings. The average molecular weight is 862 g/mol. The van der Waals surface area contributed by atoms with Crippen LogP contribution in [-0.4, -0.2) is 0 Å². The van der Waals surface area contributed by atoms with Crippen molar-refractivity contribution in [2.45, 2.75) is 26.7 Å². The third kappa shape index (κ3) is 15.7. The van der Waals surface area contributed by atoms with Crippen molar-refractivity contribution in [3.63, 3.8) is 0 Å². The topological polar surface area (TPSA) is 0 Å². The zero-order valence-electron chi connectivity index (χ0n) is 28.1. The third-order valence-corrected chi connectivity index (χ3v) is 12.3. The van der Waals surface area contributed by atoms with Gasteiger partial charge >= 0.3 is 60.0 Å². The molecule has 0 aliphatic rings. The second-order valence-electron chi connectivity index (χ2n) is 11.5. The third-order valence-electron chi connectivity index (χ3n) is 7.17. The first-order valence-electron chi connectivity index (χ1n) is 15.7. The Morgan fingerprint density at radius 1 is 0.431 bits per heavy atom. The molecule has 270 valence electrons. The Balaban J connectivity index is 0.000000304. The Kier molecular flexibility index (Phi) is 15.6. The van der Waals surface area contributed by atoms with Gasteiger partial charge in [-0.05, 0) is 66.1 Å². The number of rotatable bonds is 7. The molecule has 0 saturated carbocycles. The molecule has 0 aliphatic heterocycles. The van der Waals surface area contributed by atoms with Crippen molar-refractivity contribution in [1.82, 2.24) is 0 Å². The maximum atomic E-state index is 9.87. The van der Waals surface area contributed by atoms with Crippen LogP contribution in [0.2, 0.25) is 0 Å². The Morgan fingerprint density at radius 2 is 0.667 bits per heavy atom. The van der Waals surface area contributed by atoms with Crippen LogP contribution in [0.5, 0.6) is 0 Å². The number of benzene rings is 6. The van der Waals surface area contributed by atoms with Crippen LogP contribution < -0.4 is 31.8 Å². The molecule has 0 saturated heterocycles. The van der Waals surface area contributed by atoms with Crippen LogP contribution in [0.4, 0.5) is 25.2 Å². The Labute approximate surface area is 313 Å². The van der Waals surface area contributed by atoms with Gasteiger partial charge in [-0.25, -0.2) is 0 Å². The molecule has 0 bridgehead atoms. The molecule has 0 radical (unpaired) electrons. The first-order valence-corrected chi connectivity index (χ1v) is 22.7. The molecular formula is C40H38ClF6P3Ru. The smallest absolute Gasteiger partial charge is 0.00675 e. The average Bonchev–Trinajstić information content (AvgIpc) is 3.11. The van der Waals surface area contributed by atoms with Crippen molar-refractivity contribution >= 4 is 65.2 Å². The van der Waals surface area contributed by atoms with Crippen molar-refractivity contribution in [1.29, 1.82) is 0 Å². The van der Waals surface area contributed by atoms with Crippen LogP contribution in [0.1, 0.15) is 30.9 Å². The molecule has 0 fully saturated rings. The molecule has 0 spiro atoms. The van der Waals surface area contributed by atoms with Gasteiger partial charge < -0.3 is 0 Å². The molecule has 0 atom stereocenters. The van der Waals surface area contributed by atoms with Gasteiger partial charge in [0.2, 0.25) is 0 Å². The SMILES string of the molecule is Cc1ccc(C(C)C)cc1.F[P-](F)(F)(F)(F)F.[Cl][Ru+].c1ccc(P(c2ccccc2)c2ccccc2P(c2ccccc2)c2ccccc2)cc1. The summed E-state index contributed by atoms with van der Waals surface area (Å²) in [5.74, 6) is 0.653. The van der Waals surface area contributed by atoms with Crippen molar-refractivity contribution in [2.75, 3.05) is 0 Å². The summed E-state index contributed by atoms with van der Waals surface area (Å²) in [7, 11) is -7.42. The predicted molar refractivity (Wildman–Crippen MR) is 209 cm³/mol. The monoisotopic (exact) mass is 862 g/mol. The Morgan fingerprint density at radius 3 is 0.902 bits per heavy atom. The number of hydrogen-bond donors (Lipinski definition) is 0. The van der Waals surface area contributed by atoms with E-state index < -0.39 is 23.7 Å². The molecule has 51 heavy (non-hydrogen) atoms. The van der Waals surface area contributed by atoms with E-state index in [1.165, 1.54) is 43.0 Å². The fourth-order valence-electron chi connectivity index (χ4n) is 4.96. The second-order valence-corrected chi connectivity index (χ2v) is 17.8. The van der Waals surface area contributed by atoms with Gasteiger partial charge in [0.25, 0.3) is 0 Å². The van der Waals surface area contributed by atoms with Crippen molar-refractivity contribution in [2.24, 2.45) is 0 Å². The van der Waals surface area contributed by atoms with E-state index in [1.807, 2.05) is 17.3 Å². The summed E-state index contributed by atoms with van der Waals surface area (Å²) in [6.07, 6.45) is 0. The normalized spacial score (nSPS) is 12.3. The van der Waals surface area contributed by atoms with Crippen molar-refractivity contribution in [3.05, 3.63) is 181 Å². The molecule has 6 rings (SSSR count). The van der Waals surface area contributed by atoms with E-state index in [-0.39, 0.29) is 0 Å². The maximum absolute atomic E-state index is 10.7. The fourth-order valence-corrected chi connectivity index (χ4v) is 10.2. The van der Waals surface area contributed by atoms with Gasteiger partial charge in [0.1, 0.15) is 0 Å². The summed E-state index contributed by atoms with van der Waals surface area (Å²) in [5.41, 5.74) is 2.76. The quantitative estimate of drug-likeness (QED) is 0.0852. The first kappa shape index (κ1) is 42.5. The largest absolute Gasteiger partial charge is 0.0622 e. The summed E-state index contributed by atoms with van der Waals surface area (Å²) in [6.45, 7) is 6.54. The first-order chi connectivity index (χ1) is 24.1. The van der Waals surface area contributed by atoms with Crippen LogP contribution >= 0.6 is 33.3 Å². The van der Waals surface area contributed by atoms with Crippen LogP contribution in [0.15, 0.2) is 170 Å². The minimum absolute atomic E-state index is 0.653. The summed E-state index contributed by atoms with van der Waals surface area (Å²) < 4.78 is 59.2. The van der Waals surface area contributed by atoms with Crippen LogP contribution in [0.3, 0.4) is 0 Å². The molecule has 6 aromatic carbocycles. The van der Waals surface area contributed by atoms with Crippen molar-refractivity contribution < 1.29 is 42.5 Å². The van der Waals surface area contributed by atoms with Crippen LogP contribution in [-0.2, 0) is 17.3 Å². The molecule has 0 nitrogen and oxygen atoms in total. The molecule has 0 unspecified atom stereocenters. The maximum Gasteiger partial charge on any atom is -0.00675 e. The molecule has 0 N–H and O–H groups in total. The van der Waals surface area contributed by atoms with Crippen LogP contribution in [0, 0.1) is 6.92 Å². The van der Waals surface area contributed by atoms with Gasteiger partial charge in [-0.1, -0.05) is 189 Å². The summed E-state index contributed by atoms with van der Waals surface area (Å²) in [4.78, 5) is 0. The Bertz CT molecular complexity index is 1690. The molecule has 0 heterocycles. The molecule has 0 aromatic heterocycles. The van der Waals surface area contributed by atoms with E-state index in [2.05, 4.69) is 200 Å². The number of hydrogen-bond acceptors (Lipinski definition) is 0. The van der Waals surface area contributed by atoms with E-state index in [1.54, 1.807) is 0 Å². The summed E-state index contributed by atoms with van der Waals surface area (Å²) in [6, 6.07) is 61.8. The molecular weight excluding hydrogens is 824 g/mol. The van der Waals surface area contributed by atoms with E-state index in [0.29, 0.717) is 5.92 Å². The minimum Gasteiger partial charge on any atom is -0.0622 e. The summed E-state index contributed by atoms with van der Waals surface area (Å²) in [5, 5.41) is 8.43. The van der Waals surface area contributed by atoms with Crippen LogP contribution in [0.25, 0.3) is 0 Å². The van der Waals surface area contributed by atoms with E-state index in [9.17, 15) is 25.2 Å². The second kappa shape index (κ2) is 18.7. The standard InChI is InChI=1S/C30H24P2.C10H14.ClH.F6P.Ru/c1-5-15-25(16-6-1)31(26-17-7-2-8-18-26)29-23-13-14-24-30(29)32(27-19-9-3-10-20-27)28-21-11-4-12-22-28;1-8(2)10-6-4-9(3)5-7-10;;1-7(2,3,4,5)6;/h1-24H;4-8H,1-3H3;1H;;/q;;;-1;+2/p-1. The molecule has 0 amide bonds. The Hall–Kier alpha value is -2.90. The molecule has 0 aliphatic carbocycles. The van der Waals surface area contributed by atoms with E-state index in [4.69, 9.17) is 0 Å². The predicted octanol–water partition coefficient (Wildman–Crippen LogP) is 12.4. The minimum atomic E-state index is -10.7. The number of aryl methyl sites for hydroxylation is 1. The summed E-state index contributed by atoms with van der Waals surface area (Å²) >= 11 is 1.82. The zero-order valence-corrected chi connectivity index (χ0v) is 33.3. The van der Waals surface area contributed by atoms with Gasteiger partial charge in [-0.2, -0.15) is 0 Å². The van der Waals surface area contributed by atoms with Gasteiger partial charge in [0, 0.05) is 0 Å². The van der Waals surface area contributed by atoms with E-state index >= 15 is 0 Å². The van der Waals surface area contributed by atoms with E-state index in [0.717, 1.165) is 0 Å².